The first-order chi connectivity index (χ1) is 10.2. The molecule has 3 rings (SSSR count). The lowest BCUT2D eigenvalue weighted by atomic mass is 10.1. The quantitative estimate of drug-likeness (QED) is 0.867. The molecular formula is C16H22ClN3O2. The number of carbonyl (C=O) groups excluding carboxylic acids is 2. The zero-order valence-electron chi connectivity index (χ0n) is 12.5. The topological polar surface area (TPSA) is 61.4 Å². The zero-order valence-corrected chi connectivity index (χ0v) is 13.3. The number of likely N-dealkylation sites (tertiary alicyclic amines) is 1. The third-order valence-electron chi connectivity index (χ3n) is 4.26. The van der Waals surface area contributed by atoms with Gasteiger partial charge in [-0.2, -0.15) is 0 Å². The van der Waals surface area contributed by atoms with Crippen molar-refractivity contribution < 1.29 is 9.59 Å². The van der Waals surface area contributed by atoms with Gasteiger partial charge in [-0.05, 0) is 24.9 Å². The number of nitrogens with one attached hydrogen (secondary N) is 2. The van der Waals surface area contributed by atoms with Crippen LogP contribution >= 0.6 is 12.4 Å². The molecule has 0 saturated carbocycles. The monoisotopic (exact) mass is 323 g/mol. The van der Waals surface area contributed by atoms with Gasteiger partial charge in [0.05, 0.1) is 5.92 Å². The molecule has 2 heterocycles. The van der Waals surface area contributed by atoms with Gasteiger partial charge in [0.15, 0.2) is 0 Å². The van der Waals surface area contributed by atoms with Gasteiger partial charge in [0.25, 0.3) is 0 Å². The Morgan fingerprint density at radius 1 is 1.27 bits per heavy atom. The number of carbonyl (C=O) groups is 2. The standard InChI is InChI=1S/C16H21N3O2.ClH/c20-15(13-6-8-17-10-13)18-14-7-9-19(16(14)21)11-12-4-2-1-3-5-12;/h1-5,13-14,17H,6-11H2,(H,18,20);1H. The van der Waals surface area contributed by atoms with Crippen LogP contribution in [0.1, 0.15) is 18.4 Å². The van der Waals surface area contributed by atoms with Crippen molar-refractivity contribution in [1.82, 2.24) is 15.5 Å². The van der Waals surface area contributed by atoms with Gasteiger partial charge in [0.2, 0.25) is 11.8 Å². The lowest BCUT2D eigenvalue weighted by Gasteiger charge is -2.18. The Kier molecular flexibility index (Phi) is 5.80. The van der Waals surface area contributed by atoms with Gasteiger partial charge in [0.1, 0.15) is 6.04 Å². The van der Waals surface area contributed by atoms with Gasteiger partial charge in [-0.3, -0.25) is 9.59 Å². The lowest BCUT2D eigenvalue weighted by molar-refractivity contribution is -0.134. The van der Waals surface area contributed by atoms with Gasteiger partial charge >= 0.3 is 0 Å². The maximum Gasteiger partial charge on any atom is 0.245 e. The van der Waals surface area contributed by atoms with Gasteiger partial charge in [-0.15, -0.1) is 12.4 Å². The summed E-state index contributed by atoms with van der Waals surface area (Å²) in [7, 11) is 0. The van der Waals surface area contributed by atoms with Crippen LogP contribution in [0.4, 0.5) is 0 Å². The molecule has 1 aromatic rings. The Morgan fingerprint density at radius 3 is 2.73 bits per heavy atom. The van der Waals surface area contributed by atoms with Crippen LogP contribution in [0.5, 0.6) is 0 Å². The predicted octanol–water partition coefficient (Wildman–Crippen LogP) is 0.935. The first-order valence-electron chi connectivity index (χ1n) is 7.58. The molecule has 22 heavy (non-hydrogen) atoms. The molecule has 2 fully saturated rings. The Labute approximate surface area is 136 Å². The van der Waals surface area contributed by atoms with Crippen LogP contribution in [0.2, 0.25) is 0 Å². The van der Waals surface area contributed by atoms with E-state index in [9.17, 15) is 9.59 Å². The molecule has 0 spiro atoms. The summed E-state index contributed by atoms with van der Waals surface area (Å²) in [5.74, 6) is 0.0686. The summed E-state index contributed by atoms with van der Waals surface area (Å²) in [5, 5.41) is 6.09. The molecule has 1 aromatic carbocycles. The van der Waals surface area contributed by atoms with Crippen molar-refractivity contribution in [2.45, 2.75) is 25.4 Å². The SMILES string of the molecule is Cl.O=C(NC1CCN(Cc2ccccc2)C1=O)C1CCNC1. The van der Waals surface area contributed by atoms with Gasteiger partial charge in [0, 0.05) is 19.6 Å². The summed E-state index contributed by atoms with van der Waals surface area (Å²) in [4.78, 5) is 26.3. The molecule has 2 aliphatic rings. The fraction of sp³-hybridized carbons (Fsp3) is 0.500. The van der Waals surface area contributed by atoms with Gasteiger partial charge < -0.3 is 15.5 Å². The molecule has 0 radical (unpaired) electrons. The second-order valence-corrected chi connectivity index (χ2v) is 5.78. The molecule has 2 amide bonds. The highest BCUT2D eigenvalue weighted by molar-refractivity contribution is 5.90. The largest absolute Gasteiger partial charge is 0.344 e. The van der Waals surface area contributed by atoms with Crippen molar-refractivity contribution in [3.8, 4) is 0 Å². The summed E-state index contributed by atoms with van der Waals surface area (Å²) < 4.78 is 0. The van der Waals surface area contributed by atoms with E-state index in [-0.39, 0.29) is 36.2 Å². The van der Waals surface area contributed by atoms with E-state index in [0.29, 0.717) is 19.5 Å². The number of rotatable bonds is 4. The molecule has 2 aliphatic heterocycles. The number of amides is 2. The van der Waals surface area contributed by atoms with Crippen LogP contribution in [-0.2, 0) is 16.1 Å². The number of benzene rings is 1. The van der Waals surface area contributed by atoms with Crippen molar-refractivity contribution in [3.05, 3.63) is 35.9 Å². The summed E-state index contributed by atoms with van der Waals surface area (Å²) in [5.41, 5.74) is 1.12. The van der Waals surface area contributed by atoms with E-state index < -0.39 is 0 Å². The summed E-state index contributed by atoms with van der Waals surface area (Å²) >= 11 is 0. The third-order valence-corrected chi connectivity index (χ3v) is 4.26. The van der Waals surface area contributed by atoms with Crippen molar-refractivity contribution in [2.75, 3.05) is 19.6 Å². The molecular weight excluding hydrogens is 302 g/mol. The maximum atomic E-state index is 12.4. The molecule has 0 aromatic heterocycles. The molecule has 0 bridgehead atoms. The molecule has 120 valence electrons. The van der Waals surface area contributed by atoms with Gasteiger partial charge in [-0.25, -0.2) is 0 Å². The fourth-order valence-electron chi connectivity index (χ4n) is 3.00. The minimum atomic E-state index is -0.346. The summed E-state index contributed by atoms with van der Waals surface area (Å²) in [6.45, 7) is 2.94. The van der Waals surface area contributed by atoms with E-state index in [1.54, 1.807) is 0 Å². The molecule has 2 atom stereocenters. The molecule has 2 saturated heterocycles. The normalized spacial score (nSPS) is 24.2. The minimum Gasteiger partial charge on any atom is -0.344 e. The lowest BCUT2D eigenvalue weighted by Crippen LogP contribution is -2.44. The summed E-state index contributed by atoms with van der Waals surface area (Å²) in [6, 6.07) is 9.60. The van der Waals surface area contributed by atoms with Crippen LogP contribution in [0.25, 0.3) is 0 Å². The number of hydrogen-bond donors (Lipinski definition) is 2. The average molecular weight is 324 g/mol. The second kappa shape index (κ2) is 7.61. The highest BCUT2D eigenvalue weighted by Crippen LogP contribution is 2.16. The molecule has 2 N–H and O–H groups in total. The van der Waals surface area contributed by atoms with Crippen LogP contribution in [0, 0.1) is 5.92 Å². The maximum absolute atomic E-state index is 12.4. The molecule has 5 nitrogen and oxygen atoms in total. The predicted molar refractivity (Wildman–Crippen MR) is 86.6 cm³/mol. The Balaban J connectivity index is 0.00000176. The first-order valence-corrected chi connectivity index (χ1v) is 7.58. The highest BCUT2D eigenvalue weighted by atomic mass is 35.5. The van der Waals surface area contributed by atoms with Crippen molar-refractivity contribution >= 4 is 24.2 Å². The number of hydrogen-bond acceptors (Lipinski definition) is 3. The van der Waals surface area contributed by atoms with E-state index in [4.69, 9.17) is 0 Å². The molecule has 2 unspecified atom stereocenters. The Morgan fingerprint density at radius 2 is 2.05 bits per heavy atom. The van der Waals surface area contributed by atoms with E-state index in [1.165, 1.54) is 0 Å². The smallest absolute Gasteiger partial charge is 0.245 e. The van der Waals surface area contributed by atoms with Crippen molar-refractivity contribution in [2.24, 2.45) is 5.92 Å². The van der Waals surface area contributed by atoms with Crippen LogP contribution in [0.3, 0.4) is 0 Å². The van der Waals surface area contributed by atoms with Gasteiger partial charge in [-0.1, -0.05) is 30.3 Å². The Bertz CT molecular complexity index is 517. The second-order valence-electron chi connectivity index (χ2n) is 5.78. The third kappa shape index (κ3) is 3.78. The fourth-order valence-corrected chi connectivity index (χ4v) is 3.00. The van der Waals surface area contributed by atoms with E-state index in [1.807, 2.05) is 35.2 Å². The van der Waals surface area contributed by atoms with E-state index in [2.05, 4.69) is 10.6 Å². The average Bonchev–Trinajstić information content (AvgIpc) is 3.14. The number of nitrogens with zero attached hydrogens (tertiary/aromatic N) is 1. The van der Waals surface area contributed by atoms with Crippen molar-refractivity contribution in [1.29, 1.82) is 0 Å². The highest BCUT2D eigenvalue weighted by Gasteiger charge is 2.34. The van der Waals surface area contributed by atoms with E-state index >= 15 is 0 Å². The van der Waals surface area contributed by atoms with Crippen LogP contribution in [0.15, 0.2) is 30.3 Å². The van der Waals surface area contributed by atoms with Crippen LogP contribution < -0.4 is 10.6 Å². The van der Waals surface area contributed by atoms with Crippen molar-refractivity contribution in [3.63, 3.8) is 0 Å². The number of halogens is 1. The van der Waals surface area contributed by atoms with Crippen LogP contribution in [-0.4, -0.2) is 42.4 Å². The van der Waals surface area contributed by atoms with E-state index in [0.717, 1.165) is 25.1 Å². The zero-order chi connectivity index (χ0) is 14.7. The Hall–Kier alpha value is -1.59. The molecule has 0 aliphatic carbocycles. The first kappa shape index (κ1) is 16.8. The minimum absolute atomic E-state index is 0. The molecule has 6 heteroatoms. The summed E-state index contributed by atoms with van der Waals surface area (Å²) in [6.07, 6.45) is 1.57.